The summed E-state index contributed by atoms with van der Waals surface area (Å²) in [6, 6.07) is 0.467. The zero-order chi connectivity index (χ0) is 15.4. The summed E-state index contributed by atoms with van der Waals surface area (Å²) >= 11 is 0. The number of hydrogen-bond donors (Lipinski definition) is 1. The van der Waals surface area contributed by atoms with E-state index in [1.807, 2.05) is 20.8 Å². The van der Waals surface area contributed by atoms with Gasteiger partial charge < -0.3 is 10.1 Å². The third kappa shape index (κ3) is 6.74. The quantitative estimate of drug-likeness (QED) is 0.630. The molecule has 0 aromatic heterocycles. The predicted molar refractivity (Wildman–Crippen MR) is 83.7 cm³/mol. The molecule has 1 saturated carbocycles. The van der Waals surface area contributed by atoms with Crippen LogP contribution in [-0.4, -0.2) is 24.2 Å². The molecule has 1 fully saturated rings. The fourth-order valence-electron chi connectivity index (χ4n) is 2.98. The Hall–Kier alpha value is -0.570. The molecule has 20 heavy (non-hydrogen) atoms. The lowest BCUT2D eigenvalue weighted by Crippen LogP contribution is -2.37. The van der Waals surface area contributed by atoms with E-state index >= 15 is 0 Å². The van der Waals surface area contributed by atoms with Gasteiger partial charge in [-0.2, -0.15) is 0 Å². The Balaban J connectivity index is 2.34. The second-order valence-electron chi connectivity index (χ2n) is 8.24. The molecule has 2 atom stereocenters. The van der Waals surface area contributed by atoms with Crippen molar-refractivity contribution in [1.29, 1.82) is 0 Å². The van der Waals surface area contributed by atoms with Crippen LogP contribution >= 0.6 is 0 Å². The molecule has 0 bridgehead atoms. The number of nitrogens with one attached hydrogen (secondary N) is 1. The maximum atomic E-state index is 11.7. The summed E-state index contributed by atoms with van der Waals surface area (Å²) in [5, 5.41) is 3.38. The lowest BCUT2D eigenvalue weighted by Gasteiger charge is -2.29. The van der Waals surface area contributed by atoms with E-state index in [0.29, 0.717) is 18.0 Å². The van der Waals surface area contributed by atoms with E-state index in [4.69, 9.17) is 4.74 Å². The van der Waals surface area contributed by atoms with Gasteiger partial charge >= 0.3 is 5.97 Å². The Bertz CT molecular complexity index is 312. The van der Waals surface area contributed by atoms with E-state index in [0.717, 1.165) is 5.92 Å². The van der Waals surface area contributed by atoms with E-state index < -0.39 is 0 Å². The predicted octanol–water partition coefficient (Wildman–Crippen LogP) is 3.91. The zero-order valence-electron chi connectivity index (χ0n) is 14.2. The number of hydrogen-bond acceptors (Lipinski definition) is 3. The Morgan fingerprint density at radius 1 is 1.05 bits per heavy atom. The Kier molecular flexibility index (Phi) is 6.06. The highest BCUT2D eigenvalue weighted by Gasteiger charge is 2.28. The van der Waals surface area contributed by atoms with Gasteiger partial charge in [0.15, 0.2) is 0 Å². The largest absolute Gasteiger partial charge is 0.459 e. The summed E-state index contributed by atoms with van der Waals surface area (Å²) < 4.78 is 5.33. The smallest absolute Gasteiger partial charge is 0.320 e. The van der Waals surface area contributed by atoms with Crippen molar-refractivity contribution >= 4 is 5.97 Å². The highest BCUT2D eigenvalue weighted by Crippen LogP contribution is 2.36. The highest BCUT2D eigenvalue weighted by atomic mass is 16.6. The molecule has 0 aromatic carbocycles. The Labute approximate surface area is 124 Å². The molecular formula is C17H33NO2. The van der Waals surface area contributed by atoms with E-state index in [1.165, 1.54) is 32.1 Å². The highest BCUT2D eigenvalue weighted by molar-refractivity contribution is 5.72. The van der Waals surface area contributed by atoms with Crippen LogP contribution in [0.1, 0.15) is 73.6 Å². The van der Waals surface area contributed by atoms with Crippen molar-refractivity contribution < 1.29 is 9.53 Å². The van der Waals surface area contributed by atoms with Crippen LogP contribution in [0.15, 0.2) is 0 Å². The minimum atomic E-state index is -0.389. The molecule has 3 heteroatoms. The first-order valence-corrected chi connectivity index (χ1v) is 8.03. The first-order chi connectivity index (χ1) is 9.08. The standard InChI is InChI=1S/C17H33NO2/c1-16(2,3)13-8-7-9-14(11-10-13)18-12-15(19)20-17(4,5)6/h13-14,18H,7-12H2,1-6H3. The van der Waals surface area contributed by atoms with Crippen LogP contribution < -0.4 is 5.32 Å². The molecular weight excluding hydrogens is 250 g/mol. The van der Waals surface area contributed by atoms with Gasteiger partial charge in [-0.05, 0) is 57.8 Å². The molecule has 0 heterocycles. The van der Waals surface area contributed by atoms with Crippen LogP contribution in [0.3, 0.4) is 0 Å². The molecule has 0 saturated heterocycles. The first-order valence-electron chi connectivity index (χ1n) is 8.03. The Morgan fingerprint density at radius 2 is 1.70 bits per heavy atom. The second-order valence-corrected chi connectivity index (χ2v) is 8.24. The lowest BCUT2D eigenvalue weighted by atomic mass is 9.76. The summed E-state index contributed by atoms with van der Waals surface area (Å²) in [5.41, 5.74) is 0.0135. The third-order valence-electron chi connectivity index (χ3n) is 4.15. The minimum Gasteiger partial charge on any atom is -0.459 e. The van der Waals surface area contributed by atoms with Crippen molar-refractivity contribution in [1.82, 2.24) is 5.32 Å². The average Bonchev–Trinajstić information content (AvgIpc) is 2.48. The number of ether oxygens (including phenoxy) is 1. The van der Waals surface area contributed by atoms with Crippen LogP contribution in [0.5, 0.6) is 0 Å². The molecule has 0 aromatic rings. The normalized spacial score (nSPS) is 25.1. The number of esters is 1. The van der Waals surface area contributed by atoms with Crippen molar-refractivity contribution in [3.8, 4) is 0 Å². The molecule has 118 valence electrons. The molecule has 2 unspecified atom stereocenters. The maximum Gasteiger partial charge on any atom is 0.320 e. The summed E-state index contributed by atoms with van der Waals surface area (Å²) in [5.74, 6) is 0.657. The summed E-state index contributed by atoms with van der Waals surface area (Å²) in [7, 11) is 0. The number of rotatable bonds is 3. The number of carbonyl (C=O) groups excluding carboxylic acids is 1. The van der Waals surface area contributed by atoms with E-state index in [1.54, 1.807) is 0 Å². The molecule has 0 spiro atoms. The van der Waals surface area contributed by atoms with E-state index in [-0.39, 0.29) is 11.6 Å². The SMILES string of the molecule is CC(C)(C)OC(=O)CNC1CCCC(C(C)(C)C)CC1. The van der Waals surface area contributed by atoms with E-state index in [2.05, 4.69) is 26.1 Å². The van der Waals surface area contributed by atoms with Gasteiger partial charge in [-0.25, -0.2) is 0 Å². The van der Waals surface area contributed by atoms with Crippen molar-refractivity contribution in [2.24, 2.45) is 11.3 Å². The monoisotopic (exact) mass is 283 g/mol. The molecule has 0 radical (unpaired) electrons. The van der Waals surface area contributed by atoms with Crippen LogP contribution in [0, 0.1) is 11.3 Å². The fourth-order valence-corrected chi connectivity index (χ4v) is 2.98. The lowest BCUT2D eigenvalue weighted by molar-refractivity contribution is -0.153. The minimum absolute atomic E-state index is 0.144. The summed E-state index contributed by atoms with van der Waals surface area (Å²) in [6.07, 6.45) is 6.18. The van der Waals surface area contributed by atoms with Gasteiger partial charge in [-0.3, -0.25) is 4.79 Å². The van der Waals surface area contributed by atoms with E-state index in [9.17, 15) is 4.79 Å². The maximum absolute atomic E-state index is 11.7. The molecule has 1 N–H and O–H groups in total. The summed E-state index contributed by atoms with van der Waals surface area (Å²) in [6.45, 7) is 13.1. The molecule has 1 rings (SSSR count). The van der Waals surface area contributed by atoms with Gasteiger partial charge in [0, 0.05) is 6.04 Å². The molecule has 1 aliphatic carbocycles. The van der Waals surface area contributed by atoms with Gasteiger partial charge in [0.2, 0.25) is 0 Å². The van der Waals surface area contributed by atoms with Crippen molar-refractivity contribution in [2.75, 3.05) is 6.54 Å². The van der Waals surface area contributed by atoms with Crippen LogP contribution in [-0.2, 0) is 9.53 Å². The molecule has 3 nitrogen and oxygen atoms in total. The van der Waals surface area contributed by atoms with Crippen molar-refractivity contribution in [3.63, 3.8) is 0 Å². The molecule has 1 aliphatic rings. The van der Waals surface area contributed by atoms with Crippen molar-refractivity contribution in [3.05, 3.63) is 0 Å². The fraction of sp³-hybridized carbons (Fsp3) is 0.941. The van der Waals surface area contributed by atoms with Gasteiger partial charge in [-0.1, -0.05) is 27.2 Å². The van der Waals surface area contributed by atoms with Gasteiger partial charge in [-0.15, -0.1) is 0 Å². The topological polar surface area (TPSA) is 38.3 Å². The van der Waals surface area contributed by atoms with Crippen LogP contribution in [0.25, 0.3) is 0 Å². The number of carbonyl (C=O) groups is 1. The average molecular weight is 283 g/mol. The zero-order valence-corrected chi connectivity index (χ0v) is 14.2. The molecule has 0 amide bonds. The third-order valence-corrected chi connectivity index (χ3v) is 4.15. The van der Waals surface area contributed by atoms with Gasteiger partial charge in [0.1, 0.15) is 5.60 Å². The van der Waals surface area contributed by atoms with Gasteiger partial charge in [0.25, 0.3) is 0 Å². The first kappa shape index (κ1) is 17.5. The van der Waals surface area contributed by atoms with Gasteiger partial charge in [0.05, 0.1) is 6.54 Å². The van der Waals surface area contributed by atoms with Crippen LogP contribution in [0.4, 0.5) is 0 Å². The van der Waals surface area contributed by atoms with Crippen LogP contribution in [0.2, 0.25) is 0 Å². The summed E-state index contributed by atoms with van der Waals surface area (Å²) in [4.78, 5) is 11.7. The van der Waals surface area contributed by atoms with Crippen molar-refractivity contribution in [2.45, 2.75) is 85.3 Å². The Morgan fingerprint density at radius 3 is 2.25 bits per heavy atom. The molecule has 0 aliphatic heterocycles. The second kappa shape index (κ2) is 6.93.